The van der Waals surface area contributed by atoms with Gasteiger partial charge in [-0.25, -0.2) is 0 Å². The lowest BCUT2D eigenvalue weighted by Crippen LogP contribution is -2.04. The number of ether oxygens (including phenoxy) is 1. The molecule has 0 amide bonds. The zero-order chi connectivity index (χ0) is 13.4. The van der Waals surface area contributed by atoms with Gasteiger partial charge in [-0.15, -0.1) is 0 Å². The minimum absolute atomic E-state index is 0.212. The van der Waals surface area contributed by atoms with Crippen molar-refractivity contribution in [1.29, 1.82) is 0 Å². The van der Waals surface area contributed by atoms with Crippen LogP contribution in [0.25, 0.3) is 11.1 Å². The molecule has 2 N–H and O–H groups in total. The molecular formula is C17H19NO. The summed E-state index contributed by atoms with van der Waals surface area (Å²) in [5, 5.41) is 0. The first-order chi connectivity index (χ1) is 9.19. The number of hydrogen-bond donors (Lipinski definition) is 1. The van der Waals surface area contributed by atoms with Crippen LogP contribution in [0.4, 0.5) is 0 Å². The monoisotopic (exact) mass is 253 g/mol. The van der Waals surface area contributed by atoms with E-state index in [1.54, 1.807) is 7.11 Å². The molecule has 0 fully saturated rings. The number of fused-ring (bicyclic) bond motifs is 1. The van der Waals surface area contributed by atoms with Crippen molar-refractivity contribution in [2.45, 2.75) is 25.8 Å². The zero-order valence-corrected chi connectivity index (χ0v) is 11.4. The van der Waals surface area contributed by atoms with Gasteiger partial charge in [0.2, 0.25) is 0 Å². The summed E-state index contributed by atoms with van der Waals surface area (Å²) in [7, 11) is 1.72. The van der Waals surface area contributed by atoms with E-state index >= 15 is 0 Å². The SMILES string of the molecule is COc1ccc(C)cc1-c1ccc2c(c1)CCC2N. The van der Waals surface area contributed by atoms with Crippen LogP contribution in [0, 0.1) is 6.92 Å². The van der Waals surface area contributed by atoms with Crippen molar-refractivity contribution in [3.8, 4) is 16.9 Å². The third kappa shape index (κ3) is 2.13. The van der Waals surface area contributed by atoms with Crippen LogP contribution in [-0.4, -0.2) is 7.11 Å². The normalized spacial score (nSPS) is 17.3. The summed E-state index contributed by atoms with van der Waals surface area (Å²) in [6.45, 7) is 2.10. The predicted molar refractivity (Wildman–Crippen MR) is 78.4 cm³/mol. The molecule has 0 aromatic heterocycles. The van der Waals surface area contributed by atoms with Gasteiger partial charge in [0, 0.05) is 11.6 Å². The standard InChI is InChI=1S/C17H19NO/c1-11-3-8-17(19-2)15(9-11)13-4-6-14-12(10-13)5-7-16(14)18/h3-4,6,8-10,16H,5,7,18H2,1-2H3. The van der Waals surface area contributed by atoms with E-state index in [9.17, 15) is 0 Å². The molecule has 0 bridgehead atoms. The smallest absolute Gasteiger partial charge is 0.126 e. The van der Waals surface area contributed by atoms with E-state index in [4.69, 9.17) is 10.5 Å². The Bertz CT molecular complexity index is 619. The largest absolute Gasteiger partial charge is 0.496 e. The number of rotatable bonds is 2. The summed E-state index contributed by atoms with van der Waals surface area (Å²) >= 11 is 0. The molecule has 0 heterocycles. The first-order valence-electron chi connectivity index (χ1n) is 6.72. The molecule has 3 rings (SSSR count). The lowest BCUT2D eigenvalue weighted by Gasteiger charge is -2.12. The minimum Gasteiger partial charge on any atom is -0.496 e. The molecule has 0 spiro atoms. The summed E-state index contributed by atoms with van der Waals surface area (Å²) < 4.78 is 5.47. The van der Waals surface area contributed by atoms with Gasteiger partial charge in [0.05, 0.1) is 7.11 Å². The van der Waals surface area contributed by atoms with Gasteiger partial charge >= 0.3 is 0 Å². The van der Waals surface area contributed by atoms with Gasteiger partial charge in [-0.1, -0.05) is 29.8 Å². The highest BCUT2D eigenvalue weighted by atomic mass is 16.5. The molecule has 1 atom stereocenters. The summed E-state index contributed by atoms with van der Waals surface area (Å²) in [5.41, 5.74) is 12.4. The van der Waals surface area contributed by atoms with Crippen LogP contribution in [0.15, 0.2) is 36.4 Å². The molecule has 0 saturated heterocycles. The van der Waals surface area contributed by atoms with Crippen molar-refractivity contribution in [3.05, 3.63) is 53.1 Å². The highest BCUT2D eigenvalue weighted by molar-refractivity contribution is 5.72. The lowest BCUT2D eigenvalue weighted by molar-refractivity contribution is 0.416. The number of methoxy groups -OCH3 is 1. The Hall–Kier alpha value is -1.80. The van der Waals surface area contributed by atoms with Gasteiger partial charge in [-0.05, 0) is 48.6 Å². The Morgan fingerprint density at radius 2 is 2.00 bits per heavy atom. The van der Waals surface area contributed by atoms with Crippen molar-refractivity contribution >= 4 is 0 Å². The van der Waals surface area contributed by atoms with Gasteiger partial charge in [0.15, 0.2) is 0 Å². The van der Waals surface area contributed by atoms with Crippen molar-refractivity contribution < 1.29 is 4.74 Å². The third-order valence-corrected chi connectivity index (χ3v) is 3.93. The highest BCUT2D eigenvalue weighted by Gasteiger charge is 2.19. The molecule has 1 unspecified atom stereocenters. The average molecular weight is 253 g/mol. The lowest BCUT2D eigenvalue weighted by atomic mass is 9.98. The second kappa shape index (κ2) is 4.71. The predicted octanol–water partition coefficient (Wildman–Crippen LogP) is 3.62. The fourth-order valence-electron chi connectivity index (χ4n) is 2.87. The quantitative estimate of drug-likeness (QED) is 0.887. The van der Waals surface area contributed by atoms with E-state index in [1.165, 1.54) is 22.3 Å². The van der Waals surface area contributed by atoms with Gasteiger partial charge in [-0.2, -0.15) is 0 Å². The molecule has 2 nitrogen and oxygen atoms in total. The summed E-state index contributed by atoms with van der Waals surface area (Å²) in [6.07, 6.45) is 2.14. The molecule has 2 aromatic rings. The molecule has 98 valence electrons. The van der Waals surface area contributed by atoms with E-state index in [2.05, 4.69) is 37.3 Å². The first-order valence-corrected chi connectivity index (χ1v) is 6.72. The minimum atomic E-state index is 0.212. The van der Waals surface area contributed by atoms with E-state index in [0.717, 1.165) is 24.2 Å². The Kier molecular flexibility index (Phi) is 3.03. The van der Waals surface area contributed by atoms with Gasteiger partial charge < -0.3 is 10.5 Å². The number of aryl methyl sites for hydroxylation is 2. The summed E-state index contributed by atoms with van der Waals surface area (Å²) in [4.78, 5) is 0. The Labute approximate surface area is 114 Å². The van der Waals surface area contributed by atoms with Crippen LogP contribution < -0.4 is 10.5 Å². The van der Waals surface area contributed by atoms with Crippen LogP contribution in [-0.2, 0) is 6.42 Å². The maximum Gasteiger partial charge on any atom is 0.126 e. The van der Waals surface area contributed by atoms with E-state index in [-0.39, 0.29) is 6.04 Å². The molecule has 2 aromatic carbocycles. The van der Waals surface area contributed by atoms with E-state index in [1.807, 2.05) is 6.07 Å². The van der Waals surface area contributed by atoms with E-state index < -0.39 is 0 Å². The molecule has 1 aliphatic carbocycles. The molecule has 0 saturated carbocycles. The van der Waals surface area contributed by atoms with E-state index in [0.29, 0.717) is 0 Å². The maximum absolute atomic E-state index is 6.09. The molecule has 2 heteroatoms. The fourth-order valence-corrected chi connectivity index (χ4v) is 2.87. The Morgan fingerprint density at radius 1 is 1.16 bits per heavy atom. The Morgan fingerprint density at radius 3 is 2.79 bits per heavy atom. The molecular weight excluding hydrogens is 234 g/mol. The second-order valence-electron chi connectivity index (χ2n) is 5.26. The van der Waals surface area contributed by atoms with Crippen LogP contribution in [0.3, 0.4) is 0 Å². The van der Waals surface area contributed by atoms with Crippen molar-refractivity contribution in [2.75, 3.05) is 7.11 Å². The summed E-state index contributed by atoms with van der Waals surface area (Å²) in [6, 6.07) is 13.1. The first kappa shape index (κ1) is 12.2. The molecule has 19 heavy (non-hydrogen) atoms. The van der Waals surface area contributed by atoms with Crippen LogP contribution in [0.1, 0.15) is 29.2 Å². The van der Waals surface area contributed by atoms with Crippen molar-refractivity contribution in [2.24, 2.45) is 5.73 Å². The maximum atomic E-state index is 6.09. The van der Waals surface area contributed by atoms with Gasteiger partial charge in [0.1, 0.15) is 5.75 Å². The zero-order valence-electron chi connectivity index (χ0n) is 11.4. The second-order valence-corrected chi connectivity index (χ2v) is 5.26. The average Bonchev–Trinajstić information content (AvgIpc) is 2.80. The topological polar surface area (TPSA) is 35.2 Å². The number of hydrogen-bond acceptors (Lipinski definition) is 2. The highest BCUT2D eigenvalue weighted by Crippen LogP contribution is 2.36. The molecule has 0 aliphatic heterocycles. The number of nitrogens with two attached hydrogens (primary N) is 1. The summed E-state index contributed by atoms with van der Waals surface area (Å²) in [5.74, 6) is 0.924. The van der Waals surface area contributed by atoms with Crippen molar-refractivity contribution in [3.63, 3.8) is 0 Å². The van der Waals surface area contributed by atoms with Crippen LogP contribution >= 0.6 is 0 Å². The molecule has 1 aliphatic rings. The van der Waals surface area contributed by atoms with Gasteiger partial charge in [0.25, 0.3) is 0 Å². The third-order valence-electron chi connectivity index (χ3n) is 3.93. The fraction of sp³-hybridized carbons (Fsp3) is 0.294. The van der Waals surface area contributed by atoms with Crippen LogP contribution in [0.5, 0.6) is 5.75 Å². The van der Waals surface area contributed by atoms with Gasteiger partial charge in [-0.3, -0.25) is 0 Å². The van der Waals surface area contributed by atoms with Crippen molar-refractivity contribution in [1.82, 2.24) is 0 Å². The Balaban J connectivity index is 2.10. The molecule has 0 radical (unpaired) electrons. The number of benzene rings is 2. The van der Waals surface area contributed by atoms with Crippen LogP contribution in [0.2, 0.25) is 0 Å².